The molecule has 1 atom stereocenters. The molecule has 2 aromatic rings. The third-order valence-electron chi connectivity index (χ3n) is 3.56. The normalized spacial score (nSPS) is 12.3. The van der Waals surface area contributed by atoms with Crippen molar-refractivity contribution in [2.24, 2.45) is 5.73 Å². The third kappa shape index (κ3) is 3.52. The predicted molar refractivity (Wildman–Crippen MR) is 85.3 cm³/mol. The number of hydrogen-bond donors (Lipinski definition) is 2. The molecule has 4 nitrogen and oxygen atoms in total. The second kappa shape index (κ2) is 7.09. The molecule has 4 heteroatoms. The first kappa shape index (κ1) is 15.3. The van der Waals surface area contributed by atoms with Gasteiger partial charge in [-0.25, -0.2) is 0 Å². The van der Waals surface area contributed by atoms with Gasteiger partial charge in [0.05, 0.1) is 7.11 Å². The lowest BCUT2D eigenvalue weighted by atomic mass is 9.96. The van der Waals surface area contributed by atoms with Crippen molar-refractivity contribution in [3.8, 4) is 5.75 Å². The Balaban J connectivity index is 2.49. The highest BCUT2D eigenvalue weighted by Gasteiger charge is 2.17. The highest BCUT2D eigenvalue weighted by atomic mass is 16.5. The van der Waals surface area contributed by atoms with E-state index < -0.39 is 0 Å². The quantitative estimate of drug-likeness (QED) is 0.822. The number of hydrogen-bond acceptors (Lipinski definition) is 3. The summed E-state index contributed by atoms with van der Waals surface area (Å²) in [4.78, 5) is 11.4. The van der Waals surface area contributed by atoms with Gasteiger partial charge in [0, 0.05) is 17.8 Å². The van der Waals surface area contributed by atoms with E-state index in [1.165, 1.54) is 0 Å². The standard InChI is InChI=1S/C17H22N2O2/c1-3-10-19-15(11-17(18)20)13-8-9-16(21-2)14-7-5-4-6-12(13)14/h4-9,15,19H,3,10-11H2,1-2H3,(H2,18,20). The lowest BCUT2D eigenvalue weighted by molar-refractivity contribution is -0.118. The fourth-order valence-electron chi connectivity index (χ4n) is 2.59. The summed E-state index contributed by atoms with van der Waals surface area (Å²) >= 11 is 0. The van der Waals surface area contributed by atoms with Gasteiger partial charge in [-0.1, -0.05) is 37.3 Å². The highest BCUT2D eigenvalue weighted by molar-refractivity contribution is 5.92. The molecule has 2 rings (SSSR count). The lowest BCUT2D eigenvalue weighted by Gasteiger charge is -2.20. The molecule has 0 aliphatic carbocycles. The van der Waals surface area contributed by atoms with E-state index in [0.29, 0.717) is 0 Å². The van der Waals surface area contributed by atoms with Crippen LogP contribution in [-0.2, 0) is 4.79 Å². The molecule has 112 valence electrons. The molecule has 1 unspecified atom stereocenters. The summed E-state index contributed by atoms with van der Waals surface area (Å²) in [6, 6.07) is 11.9. The Hall–Kier alpha value is -2.07. The third-order valence-corrected chi connectivity index (χ3v) is 3.56. The van der Waals surface area contributed by atoms with Crippen LogP contribution in [0.1, 0.15) is 31.4 Å². The number of amides is 1. The molecule has 0 spiro atoms. The van der Waals surface area contributed by atoms with Crippen LogP contribution in [0.5, 0.6) is 5.75 Å². The minimum absolute atomic E-state index is 0.0711. The number of carbonyl (C=O) groups is 1. The van der Waals surface area contributed by atoms with E-state index in [1.54, 1.807) is 7.11 Å². The number of rotatable bonds is 7. The molecule has 21 heavy (non-hydrogen) atoms. The van der Waals surface area contributed by atoms with Crippen molar-refractivity contribution in [3.63, 3.8) is 0 Å². The molecule has 0 fully saturated rings. The number of nitrogens with two attached hydrogens (primary N) is 1. The molecule has 3 N–H and O–H groups in total. The van der Waals surface area contributed by atoms with Crippen LogP contribution in [0.25, 0.3) is 10.8 Å². The van der Waals surface area contributed by atoms with Crippen LogP contribution in [-0.4, -0.2) is 19.6 Å². The van der Waals surface area contributed by atoms with E-state index >= 15 is 0 Å². The fraction of sp³-hybridized carbons (Fsp3) is 0.353. The molecular formula is C17H22N2O2. The zero-order valence-electron chi connectivity index (χ0n) is 12.6. The molecule has 2 aromatic carbocycles. The van der Waals surface area contributed by atoms with Crippen molar-refractivity contribution in [2.75, 3.05) is 13.7 Å². The minimum atomic E-state index is -0.302. The minimum Gasteiger partial charge on any atom is -0.496 e. The number of methoxy groups -OCH3 is 1. The molecule has 1 amide bonds. The van der Waals surface area contributed by atoms with Crippen molar-refractivity contribution in [2.45, 2.75) is 25.8 Å². The summed E-state index contributed by atoms with van der Waals surface area (Å²) in [6.07, 6.45) is 1.29. The summed E-state index contributed by atoms with van der Waals surface area (Å²) in [6.45, 7) is 2.94. The number of ether oxygens (including phenoxy) is 1. The van der Waals surface area contributed by atoms with Crippen LogP contribution < -0.4 is 15.8 Å². The summed E-state index contributed by atoms with van der Waals surface area (Å²) in [5, 5.41) is 5.54. The van der Waals surface area contributed by atoms with Crippen LogP contribution in [0.3, 0.4) is 0 Å². The van der Waals surface area contributed by atoms with E-state index in [0.717, 1.165) is 35.1 Å². The van der Waals surface area contributed by atoms with Crippen molar-refractivity contribution < 1.29 is 9.53 Å². The van der Waals surface area contributed by atoms with Crippen LogP contribution in [0.4, 0.5) is 0 Å². The van der Waals surface area contributed by atoms with Gasteiger partial charge in [-0.3, -0.25) is 4.79 Å². The van der Waals surface area contributed by atoms with Crippen LogP contribution >= 0.6 is 0 Å². The molecule has 0 aliphatic heterocycles. The zero-order valence-corrected chi connectivity index (χ0v) is 12.6. The smallest absolute Gasteiger partial charge is 0.219 e. The Morgan fingerprint density at radius 3 is 2.57 bits per heavy atom. The predicted octanol–water partition coefficient (Wildman–Crippen LogP) is 2.76. The van der Waals surface area contributed by atoms with Crippen molar-refractivity contribution in [1.82, 2.24) is 5.32 Å². The Morgan fingerprint density at radius 2 is 1.95 bits per heavy atom. The Bertz CT molecular complexity index is 625. The largest absolute Gasteiger partial charge is 0.496 e. The SMILES string of the molecule is CCCNC(CC(N)=O)c1ccc(OC)c2ccccc12. The second-order valence-electron chi connectivity index (χ2n) is 5.08. The number of primary amides is 1. The molecule has 0 saturated carbocycles. The summed E-state index contributed by atoms with van der Waals surface area (Å²) in [5.41, 5.74) is 6.48. The topological polar surface area (TPSA) is 64.3 Å². The number of fused-ring (bicyclic) bond motifs is 1. The summed E-state index contributed by atoms with van der Waals surface area (Å²) < 4.78 is 5.41. The number of nitrogens with one attached hydrogen (secondary N) is 1. The zero-order chi connectivity index (χ0) is 15.2. The van der Waals surface area contributed by atoms with E-state index in [4.69, 9.17) is 10.5 Å². The van der Waals surface area contributed by atoms with Gasteiger partial charge in [0.25, 0.3) is 0 Å². The summed E-state index contributed by atoms with van der Waals surface area (Å²) in [5.74, 6) is 0.533. The van der Waals surface area contributed by atoms with Crippen LogP contribution in [0, 0.1) is 0 Å². The highest BCUT2D eigenvalue weighted by Crippen LogP contribution is 2.32. The second-order valence-corrected chi connectivity index (χ2v) is 5.08. The van der Waals surface area contributed by atoms with Crippen molar-refractivity contribution in [1.29, 1.82) is 0 Å². The maximum atomic E-state index is 11.4. The van der Waals surface area contributed by atoms with E-state index in [9.17, 15) is 4.79 Å². The van der Waals surface area contributed by atoms with Gasteiger partial charge in [0.1, 0.15) is 5.75 Å². The Labute approximate surface area is 125 Å². The van der Waals surface area contributed by atoms with E-state index in [-0.39, 0.29) is 18.4 Å². The van der Waals surface area contributed by atoms with Gasteiger partial charge in [-0.15, -0.1) is 0 Å². The van der Waals surface area contributed by atoms with E-state index in [1.807, 2.05) is 30.3 Å². The number of carbonyl (C=O) groups excluding carboxylic acids is 1. The average molecular weight is 286 g/mol. The Kier molecular flexibility index (Phi) is 5.17. The first-order chi connectivity index (χ1) is 10.2. The lowest BCUT2D eigenvalue weighted by Crippen LogP contribution is -2.27. The van der Waals surface area contributed by atoms with Gasteiger partial charge >= 0.3 is 0 Å². The van der Waals surface area contributed by atoms with Crippen molar-refractivity contribution in [3.05, 3.63) is 42.0 Å². The molecule has 0 saturated heterocycles. The van der Waals surface area contributed by atoms with Crippen LogP contribution in [0.2, 0.25) is 0 Å². The monoisotopic (exact) mass is 286 g/mol. The Morgan fingerprint density at radius 1 is 1.24 bits per heavy atom. The summed E-state index contributed by atoms with van der Waals surface area (Å²) in [7, 11) is 1.66. The van der Waals surface area contributed by atoms with Crippen molar-refractivity contribution >= 4 is 16.7 Å². The van der Waals surface area contributed by atoms with Gasteiger partial charge in [0.15, 0.2) is 0 Å². The van der Waals surface area contributed by atoms with Gasteiger partial charge in [-0.05, 0) is 30.0 Å². The van der Waals surface area contributed by atoms with Crippen LogP contribution in [0.15, 0.2) is 36.4 Å². The maximum absolute atomic E-state index is 11.4. The fourth-order valence-corrected chi connectivity index (χ4v) is 2.59. The van der Waals surface area contributed by atoms with Gasteiger partial charge in [0.2, 0.25) is 5.91 Å². The average Bonchev–Trinajstić information content (AvgIpc) is 2.50. The molecule has 0 heterocycles. The first-order valence-corrected chi connectivity index (χ1v) is 7.24. The van der Waals surface area contributed by atoms with Gasteiger partial charge < -0.3 is 15.8 Å². The molecule has 0 radical (unpaired) electrons. The maximum Gasteiger partial charge on any atom is 0.219 e. The number of benzene rings is 2. The molecule has 0 aliphatic rings. The first-order valence-electron chi connectivity index (χ1n) is 7.24. The molecule has 0 aromatic heterocycles. The van der Waals surface area contributed by atoms with Gasteiger partial charge in [-0.2, -0.15) is 0 Å². The molecule has 0 bridgehead atoms. The van der Waals surface area contributed by atoms with E-state index in [2.05, 4.69) is 18.3 Å². The molecular weight excluding hydrogens is 264 g/mol.